The molecule has 1 aromatic rings. The van der Waals surface area contributed by atoms with Gasteiger partial charge in [0.05, 0.1) is 11.8 Å². The number of amides is 1. The number of rotatable bonds is 14. The van der Waals surface area contributed by atoms with Gasteiger partial charge in [-0.05, 0) is 49.7 Å². The van der Waals surface area contributed by atoms with Gasteiger partial charge in [-0.2, -0.15) is 0 Å². The first-order valence-electron chi connectivity index (χ1n) is 11.4. The molecule has 2 atom stereocenters. The molecule has 3 N–H and O–H groups in total. The molecule has 0 radical (unpaired) electrons. The number of carbonyl (C=O) groups excluding carboxylic acids is 1. The smallest absolute Gasteiger partial charge is 0.306 e. The summed E-state index contributed by atoms with van der Waals surface area (Å²) in [5.74, 6) is -3.29. The third-order valence-electron chi connectivity index (χ3n) is 5.56. The van der Waals surface area contributed by atoms with Crippen LogP contribution in [0.4, 0.5) is 0 Å². The SMILES string of the molecule is CCCc1ccc(CC[C@H](CC(CCCCNC(=O)C(C)(C)C)C(=O)O)C(=O)O)cc1. The van der Waals surface area contributed by atoms with Gasteiger partial charge in [-0.15, -0.1) is 0 Å². The molecule has 174 valence electrons. The van der Waals surface area contributed by atoms with E-state index in [9.17, 15) is 24.6 Å². The molecule has 0 aliphatic heterocycles. The lowest BCUT2D eigenvalue weighted by molar-refractivity contribution is -0.146. The second-order valence-corrected chi connectivity index (χ2v) is 9.41. The first-order chi connectivity index (χ1) is 14.5. The largest absolute Gasteiger partial charge is 0.481 e. The average Bonchev–Trinajstić information content (AvgIpc) is 2.69. The van der Waals surface area contributed by atoms with E-state index in [1.165, 1.54) is 5.56 Å². The number of carbonyl (C=O) groups is 3. The second kappa shape index (κ2) is 13.1. The Morgan fingerprint density at radius 3 is 1.87 bits per heavy atom. The minimum atomic E-state index is -0.950. The van der Waals surface area contributed by atoms with Crippen LogP contribution in [-0.4, -0.2) is 34.6 Å². The number of unbranched alkanes of at least 4 members (excludes halogenated alkanes) is 1. The molecule has 0 spiro atoms. The molecule has 0 saturated heterocycles. The van der Waals surface area contributed by atoms with Crippen LogP contribution in [0.3, 0.4) is 0 Å². The summed E-state index contributed by atoms with van der Waals surface area (Å²) in [4.78, 5) is 35.3. The van der Waals surface area contributed by atoms with Crippen molar-refractivity contribution in [3.63, 3.8) is 0 Å². The van der Waals surface area contributed by atoms with E-state index in [4.69, 9.17) is 0 Å². The van der Waals surface area contributed by atoms with Gasteiger partial charge in [0.2, 0.25) is 5.91 Å². The molecule has 6 heteroatoms. The number of carboxylic acid groups (broad SMARTS) is 2. The summed E-state index contributed by atoms with van der Waals surface area (Å²) in [5.41, 5.74) is 1.90. The van der Waals surface area contributed by atoms with E-state index < -0.39 is 29.2 Å². The van der Waals surface area contributed by atoms with Gasteiger partial charge in [-0.25, -0.2) is 0 Å². The maximum atomic E-state index is 11.9. The highest BCUT2D eigenvalue weighted by molar-refractivity contribution is 5.81. The van der Waals surface area contributed by atoms with Crippen molar-refractivity contribution < 1.29 is 24.6 Å². The number of carboxylic acids is 2. The molecule has 0 bridgehead atoms. The first-order valence-corrected chi connectivity index (χ1v) is 11.4. The molecule has 1 aromatic carbocycles. The molecule has 0 heterocycles. The molecular formula is C25H39NO5. The lowest BCUT2D eigenvalue weighted by Gasteiger charge is -2.19. The van der Waals surface area contributed by atoms with E-state index in [1.54, 1.807) is 0 Å². The molecule has 0 aliphatic carbocycles. The maximum Gasteiger partial charge on any atom is 0.306 e. The van der Waals surface area contributed by atoms with E-state index in [1.807, 2.05) is 32.9 Å². The topological polar surface area (TPSA) is 104 Å². The maximum absolute atomic E-state index is 11.9. The van der Waals surface area contributed by atoms with Crippen LogP contribution in [0, 0.1) is 17.3 Å². The first kappa shape index (κ1) is 26.7. The molecule has 0 aliphatic rings. The molecule has 0 aromatic heterocycles. The average molecular weight is 434 g/mol. The normalized spacial score (nSPS) is 13.4. The lowest BCUT2D eigenvalue weighted by atomic mass is 9.87. The monoisotopic (exact) mass is 433 g/mol. The lowest BCUT2D eigenvalue weighted by Crippen LogP contribution is -2.35. The molecule has 6 nitrogen and oxygen atoms in total. The standard InChI is InChI=1S/C25H39NO5/c1-5-8-18-10-12-19(13-11-18)14-15-21(23(29)30)17-20(22(27)28)9-6-7-16-26-24(31)25(2,3)4/h10-13,20-21H,5-9,14-17H2,1-4H3,(H,26,31)(H,27,28)(H,29,30)/t20?,21-/m1/s1. The highest BCUT2D eigenvalue weighted by Gasteiger charge is 2.27. The quantitative estimate of drug-likeness (QED) is 0.369. The Balaban J connectivity index is 2.51. The van der Waals surface area contributed by atoms with Crippen molar-refractivity contribution >= 4 is 17.8 Å². The van der Waals surface area contributed by atoms with E-state index in [2.05, 4.69) is 24.4 Å². The number of aliphatic carboxylic acids is 2. The zero-order valence-electron chi connectivity index (χ0n) is 19.4. The Bertz CT molecular complexity index is 706. The van der Waals surface area contributed by atoms with Crippen LogP contribution in [0.15, 0.2) is 24.3 Å². The Kier molecular flexibility index (Phi) is 11.3. The second-order valence-electron chi connectivity index (χ2n) is 9.41. The molecule has 1 unspecified atom stereocenters. The van der Waals surface area contributed by atoms with Gasteiger partial charge < -0.3 is 15.5 Å². The van der Waals surface area contributed by atoms with Crippen LogP contribution >= 0.6 is 0 Å². The van der Waals surface area contributed by atoms with E-state index >= 15 is 0 Å². The third kappa shape index (κ3) is 10.5. The number of hydrogen-bond acceptors (Lipinski definition) is 3. The molecular weight excluding hydrogens is 394 g/mol. The summed E-state index contributed by atoms with van der Waals surface area (Å²) in [5, 5.41) is 22.0. The fourth-order valence-electron chi connectivity index (χ4n) is 3.51. The summed E-state index contributed by atoms with van der Waals surface area (Å²) in [7, 11) is 0. The zero-order chi connectivity index (χ0) is 23.4. The Labute approximate surface area is 186 Å². The van der Waals surface area contributed by atoms with Gasteiger partial charge >= 0.3 is 11.9 Å². The van der Waals surface area contributed by atoms with Crippen LogP contribution in [0.5, 0.6) is 0 Å². The number of aryl methyl sites for hydroxylation is 2. The van der Waals surface area contributed by atoms with Crippen LogP contribution in [0.25, 0.3) is 0 Å². The van der Waals surface area contributed by atoms with Crippen LogP contribution in [0.2, 0.25) is 0 Å². The van der Waals surface area contributed by atoms with Gasteiger partial charge in [0.15, 0.2) is 0 Å². The fourth-order valence-corrected chi connectivity index (χ4v) is 3.51. The minimum Gasteiger partial charge on any atom is -0.481 e. The molecule has 1 amide bonds. The van der Waals surface area contributed by atoms with Crippen molar-refractivity contribution in [1.29, 1.82) is 0 Å². The van der Waals surface area contributed by atoms with E-state index in [0.29, 0.717) is 38.6 Å². The highest BCUT2D eigenvalue weighted by Crippen LogP contribution is 2.23. The van der Waals surface area contributed by atoms with E-state index in [0.717, 1.165) is 18.4 Å². The van der Waals surface area contributed by atoms with Gasteiger partial charge in [0.1, 0.15) is 0 Å². The van der Waals surface area contributed by atoms with Crippen molar-refractivity contribution in [1.82, 2.24) is 5.32 Å². The Morgan fingerprint density at radius 1 is 0.871 bits per heavy atom. The minimum absolute atomic E-state index is 0.0315. The van der Waals surface area contributed by atoms with Crippen molar-refractivity contribution in [3.05, 3.63) is 35.4 Å². The summed E-state index contributed by atoms with van der Waals surface area (Å²) in [6, 6.07) is 8.22. The predicted octanol–water partition coefficient (Wildman–Crippen LogP) is 4.70. The van der Waals surface area contributed by atoms with Crippen molar-refractivity contribution in [2.75, 3.05) is 6.54 Å². The molecule has 1 rings (SSSR count). The summed E-state index contributed by atoms with van der Waals surface area (Å²) in [6.45, 7) is 8.15. The molecule has 31 heavy (non-hydrogen) atoms. The van der Waals surface area contributed by atoms with E-state index in [-0.39, 0.29) is 12.3 Å². The van der Waals surface area contributed by atoms with Gasteiger partial charge in [0.25, 0.3) is 0 Å². The summed E-state index contributed by atoms with van der Waals surface area (Å²) in [6.07, 6.45) is 5.00. The molecule has 0 saturated carbocycles. The van der Waals surface area contributed by atoms with Crippen LogP contribution in [-0.2, 0) is 27.2 Å². The predicted molar refractivity (Wildman–Crippen MR) is 122 cm³/mol. The Morgan fingerprint density at radius 2 is 1.39 bits per heavy atom. The number of benzene rings is 1. The molecule has 0 fully saturated rings. The van der Waals surface area contributed by atoms with Crippen LogP contribution < -0.4 is 5.32 Å². The Hall–Kier alpha value is -2.37. The number of nitrogens with one attached hydrogen (secondary N) is 1. The summed E-state index contributed by atoms with van der Waals surface area (Å²) >= 11 is 0. The summed E-state index contributed by atoms with van der Waals surface area (Å²) < 4.78 is 0. The number of hydrogen-bond donors (Lipinski definition) is 3. The highest BCUT2D eigenvalue weighted by atomic mass is 16.4. The van der Waals surface area contributed by atoms with Crippen LogP contribution in [0.1, 0.15) is 77.3 Å². The van der Waals surface area contributed by atoms with Crippen molar-refractivity contribution in [2.24, 2.45) is 17.3 Å². The zero-order valence-corrected chi connectivity index (χ0v) is 19.4. The van der Waals surface area contributed by atoms with Gasteiger partial charge in [-0.1, -0.05) is 64.8 Å². The van der Waals surface area contributed by atoms with Gasteiger partial charge in [0, 0.05) is 12.0 Å². The fraction of sp³-hybridized carbons (Fsp3) is 0.640. The van der Waals surface area contributed by atoms with Crippen molar-refractivity contribution in [3.8, 4) is 0 Å². The van der Waals surface area contributed by atoms with Gasteiger partial charge in [-0.3, -0.25) is 14.4 Å². The third-order valence-corrected chi connectivity index (χ3v) is 5.56. The van der Waals surface area contributed by atoms with Crippen molar-refractivity contribution in [2.45, 2.75) is 79.1 Å².